The lowest BCUT2D eigenvalue weighted by Crippen LogP contribution is -2.45. The van der Waals surface area contributed by atoms with Gasteiger partial charge in [0, 0.05) is 35.3 Å². The summed E-state index contributed by atoms with van der Waals surface area (Å²) in [4.78, 5) is 32.2. The summed E-state index contributed by atoms with van der Waals surface area (Å²) in [7, 11) is 0. The zero-order valence-corrected chi connectivity index (χ0v) is 23.0. The summed E-state index contributed by atoms with van der Waals surface area (Å²) in [5.74, 6) is -0.759. The minimum atomic E-state index is -0.817. The number of benzene rings is 2. The van der Waals surface area contributed by atoms with Crippen LogP contribution in [0.1, 0.15) is 42.3 Å². The Balaban J connectivity index is 1.19. The van der Waals surface area contributed by atoms with Crippen molar-refractivity contribution in [3.8, 4) is 17.3 Å². The third-order valence-corrected chi connectivity index (χ3v) is 7.71. The molecule has 0 radical (unpaired) electrons. The molecule has 0 spiro atoms. The van der Waals surface area contributed by atoms with Crippen molar-refractivity contribution in [3.05, 3.63) is 64.5 Å². The molecule has 3 aromatic rings. The number of anilines is 2. The van der Waals surface area contributed by atoms with Gasteiger partial charge < -0.3 is 25.0 Å². The number of hydrogen-bond acceptors (Lipinski definition) is 8. The van der Waals surface area contributed by atoms with Crippen LogP contribution in [0.3, 0.4) is 0 Å². The van der Waals surface area contributed by atoms with Crippen molar-refractivity contribution in [2.75, 3.05) is 36.5 Å². The van der Waals surface area contributed by atoms with E-state index in [1.165, 1.54) is 11.3 Å². The van der Waals surface area contributed by atoms with E-state index in [1.807, 2.05) is 17.5 Å². The summed E-state index contributed by atoms with van der Waals surface area (Å²) in [6.45, 7) is 8.09. The lowest BCUT2D eigenvalue weighted by Gasteiger charge is -2.37. The fourth-order valence-corrected chi connectivity index (χ4v) is 5.77. The lowest BCUT2D eigenvalue weighted by molar-refractivity contribution is -0.115. The predicted molar refractivity (Wildman–Crippen MR) is 150 cm³/mol. The highest BCUT2D eigenvalue weighted by molar-refractivity contribution is 7.14. The molecule has 3 atom stereocenters. The molecule has 1 fully saturated rings. The Hall–Kier alpha value is -3.78. The van der Waals surface area contributed by atoms with Crippen LogP contribution in [0.5, 0.6) is 0 Å². The molecular weight excluding hydrogens is 514 g/mol. The summed E-state index contributed by atoms with van der Waals surface area (Å²) < 4.78 is 11.4. The third-order valence-electron chi connectivity index (χ3n) is 6.95. The topological polar surface area (TPSA) is 117 Å². The van der Waals surface area contributed by atoms with Gasteiger partial charge in [0.05, 0.1) is 43.7 Å². The summed E-state index contributed by atoms with van der Waals surface area (Å²) in [5, 5.41) is 17.4. The molecular formula is C29H31N5O4S. The largest absolute Gasteiger partial charge is 0.375 e. The number of nitrogens with one attached hydrogen (secondary N) is 2. The first kappa shape index (κ1) is 26.8. The van der Waals surface area contributed by atoms with Gasteiger partial charge in [0.2, 0.25) is 5.91 Å². The zero-order chi connectivity index (χ0) is 27.6. The smallest absolute Gasteiger partial charge is 0.251 e. The molecule has 10 heteroatoms. The van der Waals surface area contributed by atoms with Crippen LogP contribution < -0.4 is 15.5 Å². The Morgan fingerprint density at radius 1 is 1.21 bits per heavy atom. The highest BCUT2D eigenvalue weighted by Gasteiger charge is 2.33. The average Bonchev–Trinajstić information content (AvgIpc) is 3.40. The van der Waals surface area contributed by atoms with Crippen molar-refractivity contribution in [2.45, 2.75) is 45.0 Å². The number of nitriles is 1. The second kappa shape index (κ2) is 11.1. The van der Waals surface area contributed by atoms with E-state index in [0.717, 1.165) is 41.2 Å². The van der Waals surface area contributed by atoms with Gasteiger partial charge in [0.1, 0.15) is 5.41 Å². The van der Waals surface area contributed by atoms with Crippen molar-refractivity contribution in [2.24, 2.45) is 0 Å². The highest BCUT2D eigenvalue weighted by Crippen LogP contribution is 2.33. The Morgan fingerprint density at radius 3 is 2.77 bits per heavy atom. The van der Waals surface area contributed by atoms with Crippen molar-refractivity contribution in [1.82, 2.24) is 10.3 Å². The van der Waals surface area contributed by atoms with Gasteiger partial charge in [-0.3, -0.25) is 9.59 Å². The number of morpholine rings is 1. The Kier molecular flexibility index (Phi) is 7.66. The number of carbonyl (C=O) groups is 2. The van der Waals surface area contributed by atoms with E-state index in [2.05, 4.69) is 52.6 Å². The van der Waals surface area contributed by atoms with Crippen LogP contribution in [0, 0.1) is 11.3 Å². The molecule has 0 saturated carbocycles. The third kappa shape index (κ3) is 5.96. The van der Waals surface area contributed by atoms with Crippen LogP contribution in [0.2, 0.25) is 0 Å². The molecule has 3 heterocycles. The predicted octanol–water partition coefficient (Wildman–Crippen LogP) is 4.10. The van der Waals surface area contributed by atoms with E-state index in [9.17, 15) is 14.9 Å². The van der Waals surface area contributed by atoms with Crippen LogP contribution in [0.25, 0.3) is 11.3 Å². The van der Waals surface area contributed by atoms with E-state index in [1.54, 1.807) is 25.1 Å². The van der Waals surface area contributed by atoms with E-state index < -0.39 is 5.41 Å². The molecule has 9 nitrogen and oxygen atoms in total. The number of fused-ring (bicyclic) bond motifs is 1. The van der Waals surface area contributed by atoms with Crippen LogP contribution in [0.4, 0.5) is 10.8 Å². The first-order valence-electron chi connectivity index (χ1n) is 12.9. The second-order valence-electron chi connectivity index (χ2n) is 10.3. The number of aromatic nitrogens is 1. The van der Waals surface area contributed by atoms with Gasteiger partial charge in [-0.05, 0) is 56.2 Å². The van der Waals surface area contributed by atoms with Crippen LogP contribution in [-0.2, 0) is 26.3 Å². The lowest BCUT2D eigenvalue weighted by atomic mass is 9.79. The second-order valence-corrected chi connectivity index (χ2v) is 11.1. The Bertz CT molecular complexity index is 1420. The maximum Gasteiger partial charge on any atom is 0.251 e. The molecule has 1 saturated heterocycles. The summed E-state index contributed by atoms with van der Waals surface area (Å²) >= 11 is 1.33. The van der Waals surface area contributed by atoms with Crippen molar-refractivity contribution in [3.63, 3.8) is 0 Å². The number of ether oxygens (including phenoxy) is 2. The maximum atomic E-state index is 12.7. The van der Waals surface area contributed by atoms with E-state index in [-0.39, 0.29) is 37.2 Å². The van der Waals surface area contributed by atoms with Gasteiger partial charge in [-0.1, -0.05) is 18.2 Å². The first-order valence-corrected chi connectivity index (χ1v) is 13.8. The first-order chi connectivity index (χ1) is 18.7. The van der Waals surface area contributed by atoms with Gasteiger partial charge in [-0.2, -0.15) is 5.26 Å². The average molecular weight is 546 g/mol. The van der Waals surface area contributed by atoms with Crippen molar-refractivity contribution < 1.29 is 19.1 Å². The molecule has 39 heavy (non-hydrogen) atoms. The van der Waals surface area contributed by atoms with Crippen LogP contribution >= 0.6 is 11.3 Å². The molecule has 0 unspecified atom stereocenters. The quantitative estimate of drug-likeness (QED) is 0.479. The number of thiazole rings is 1. The highest BCUT2D eigenvalue weighted by atomic mass is 32.1. The molecule has 202 valence electrons. The molecule has 2 aromatic carbocycles. The summed E-state index contributed by atoms with van der Waals surface area (Å²) in [6, 6.07) is 15.7. The normalized spacial score (nSPS) is 22.5. The van der Waals surface area contributed by atoms with Gasteiger partial charge >= 0.3 is 0 Å². The fourth-order valence-electron chi connectivity index (χ4n) is 5.03. The SMILES string of the molecule is C[C@@H]1CN(c2cccc(-c3csc(NC(=O)CNC(=O)c4ccc5c(c4)[C@@](C)(C#N)COC5)n3)c2)C[C@H](C)O1. The number of nitrogens with zero attached hydrogens (tertiary/aromatic N) is 3. The molecule has 0 bridgehead atoms. The monoisotopic (exact) mass is 545 g/mol. The minimum Gasteiger partial charge on any atom is -0.375 e. The molecule has 2 amide bonds. The van der Waals surface area contributed by atoms with E-state index in [0.29, 0.717) is 17.3 Å². The molecule has 2 aliphatic rings. The van der Waals surface area contributed by atoms with Gasteiger partial charge in [-0.25, -0.2) is 4.98 Å². The fraction of sp³-hybridized carbons (Fsp3) is 0.379. The standard InChI is InChI=1S/C29H31N5O4S/c1-18-12-34(13-19(2)38-18)23-6-4-5-20(9-23)25-15-39-28(32-25)33-26(35)11-31-27(36)21-7-8-22-14-37-17-29(3,16-30)24(22)10-21/h4-10,15,18-19H,11-14,17H2,1-3H3,(H,31,36)(H,32,33,35)/t18-,19+,29-/m0/s1. The number of carbonyl (C=O) groups excluding carboxylic acids is 2. The molecule has 2 N–H and O–H groups in total. The molecule has 2 aliphatic heterocycles. The number of hydrogen-bond donors (Lipinski definition) is 2. The van der Waals surface area contributed by atoms with Gasteiger partial charge in [0.25, 0.3) is 5.91 Å². The van der Waals surface area contributed by atoms with Gasteiger partial charge in [0.15, 0.2) is 5.13 Å². The minimum absolute atomic E-state index is 0.165. The van der Waals surface area contributed by atoms with E-state index in [4.69, 9.17) is 9.47 Å². The van der Waals surface area contributed by atoms with Crippen LogP contribution in [-0.4, -0.2) is 55.2 Å². The van der Waals surface area contributed by atoms with Crippen molar-refractivity contribution >= 4 is 34.0 Å². The van der Waals surface area contributed by atoms with Crippen molar-refractivity contribution in [1.29, 1.82) is 5.26 Å². The molecule has 1 aromatic heterocycles. The summed E-state index contributed by atoms with van der Waals surface area (Å²) in [6.07, 6.45) is 0.331. The Morgan fingerprint density at radius 2 is 2.00 bits per heavy atom. The summed E-state index contributed by atoms with van der Waals surface area (Å²) in [5.41, 5.74) is 4.10. The Labute approximate surface area is 231 Å². The molecule has 0 aliphatic carbocycles. The zero-order valence-electron chi connectivity index (χ0n) is 22.2. The van der Waals surface area contributed by atoms with Gasteiger partial charge in [-0.15, -0.1) is 11.3 Å². The maximum absolute atomic E-state index is 12.7. The van der Waals surface area contributed by atoms with E-state index >= 15 is 0 Å². The number of rotatable bonds is 6. The number of amides is 2. The molecule has 5 rings (SSSR count). The van der Waals surface area contributed by atoms with Crippen LogP contribution in [0.15, 0.2) is 47.8 Å².